The molecular weight excluding hydrogens is 368 g/mol. The third kappa shape index (κ3) is 3.02. The van der Waals surface area contributed by atoms with Crippen LogP contribution < -0.4 is 5.73 Å². The first-order chi connectivity index (χ1) is 14.2. The van der Waals surface area contributed by atoms with Crippen LogP contribution in [0.3, 0.4) is 0 Å². The number of benzene rings is 2. The van der Waals surface area contributed by atoms with Gasteiger partial charge in [0.2, 0.25) is 5.91 Å². The van der Waals surface area contributed by atoms with Crippen LogP contribution in [0.5, 0.6) is 0 Å². The fraction of sp³-hybridized carbons (Fsp3) is 0. The lowest BCUT2D eigenvalue weighted by Gasteiger charge is -2.02. The van der Waals surface area contributed by atoms with E-state index >= 15 is 0 Å². The Morgan fingerprint density at radius 1 is 1.00 bits per heavy atom. The van der Waals surface area contributed by atoms with Crippen LogP contribution in [-0.2, 0) is 0 Å². The lowest BCUT2D eigenvalue weighted by Crippen LogP contribution is -2.10. The molecule has 140 valence electrons. The monoisotopic (exact) mass is 382 g/mol. The van der Waals surface area contributed by atoms with Crippen LogP contribution in [0.15, 0.2) is 71.4 Å². The third-order valence-electron chi connectivity index (χ3n) is 4.59. The second-order valence-electron chi connectivity index (χ2n) is 6.42. The largest absolute Gasteiger partial charge is 0.366 e. The summed E-state index contributed by atoms with van der Waals surface area (Å²) >= 11 is 0. The average molecular weight is 382 g/mol. The van der Waals surface area contributed by atoms with E-state index in [2.05, 4.69) is 20.3 Å². The molecular formula is C21H14N6O2. The number of nitrogens with one attached hydrogen (secondary N) is 1. The predicted octanol–water partition coefficient (Wildman–Crippen LogP) is 3.44. The zero-order valence-electron chi connectivity index (χ0n) is 15.0. The van der Waals surface area contributed by atoms with Crippen LogP contribution in [0.1, 0.15) is 10.4 Å². The van der Waals surface area contributed by atoms with Gasteiger partial charge in [-0.05, 0) is 42.5 Å². The molecule has 0 saturated carbocycles. The van der Waals surface area contributed by atoms with E-state index < -0.39 is 5.91 Å². The Bertz CT molecular complexity index is 1320. The number of nitrogens with zero attached hydrogens (tertiary/aromatic N) is 4. The Morgan fingerprint density at radius 2 is 1.83 bits per heavy atom. The van der Waals surface area contributed by atoms with Gasteiger partial charge in [0, 0.05) is 28.2 Å². The van der Waals surface area contributed by atoms with Crippen LogP contribution in [0.4, 0.5) is 0 Å². The number of hydrogen-bond acceptors (Lipinski definition) is 6. The minimum absolute atomic E-state index is 0.439. The number of H-pyrrole nitrogens is 1. The van der Waals surface area contributed by atoms with Crippen LogP contribution in [-0.4, -0.2) is 31.2 Å². The van der Waals surface area contributed by atoms with Gasteiger partial charge in [-0.15, -0.1) is 5.10 Å². The molecule has 0 aliphatic carbocycles. The molecule has 0 bridgehead atoms. The smallest absolute Gasteiger partial charge is 0.248 e. The summed E-state index contributed by atoms with van der Waals surface area (Å²) in [6, 6.07) is 18.2. The molecule has 3 aromatic heterocycles. The van der Waals surface area contributed by atoms with E-state index in [9.17, 15) is 4.79 Å². The van der Waals surface area contributed by atoms with E-state index in [1.165, 1.54) is 0 Å². The van der Waals surface area contributed by atoms with E-state index in [4.69, 9.17) is 15.2 Å². The summed E-state index contributed by atoms with van der Waals surface area (Å²) in [5.41, 5.74) is 10.9. The lowest BCUT2D eigenvalue weighted by molar-refractivity contribution is 0.100. The quantitative estimate of drug-likeness (QED) is 0.491. The Hall–Kier alpha value is -4.33. The molecule has 0 saturated heterocycles. The molecule has 0 aliphatic heterocycles. The first-order valence-electron chi connectivity index (χ1n) is 8.83. The fourth-order valence-electron chi connectivity index (χ4n) is 3.14. The molecule has 29 heavy (non-hydrogen) atoms. The minimum Gasteiger partial charge on any atom is -0.366 e. The van der Waals surface area contributed by atoms with Crippen LogP contribution in [0.25, 0.3) is 45.1 Å². The second-order valence-corrected chi connectivity index (χ2v) is 6.42. The van der Waals surface area contributed by atoms with Crippen LogP contribution in [0.2, 0.25) is 0 Å². The molecule has 0 radical (unpaired) electrons. The SMILES string of the molecule is NC(=O)c1ccc(-c2nc(-c3ccc4onnc4c3)c(-c3ccccn3)[nH]2)cc1. The van der Waals surface area contributed by atoms with Crippen molar-refractivity contribution in [2.45, 2.75) is 0 Å². The van der Waals surface area contributed by atoms with Crippen LogP contribution >= 0.6 is 0 Å². The molecule has 2 aromatic carbocycles. The maximum Gasteiger partial charge on any atom is 0.248 e. The zero-order valence-corrected chi connectivity index (χ0v) is 15.0. The molecule has 8 nitrogen and oxygen atoms in total. The Labute approximate surface area is 164 Å². The highest BCUT2D eigenvalue weighted by Crippen LogP contribution is 2.33. The highest BCUT2D eigenvalue weighted by Gasteiger charge is 2.17. The maximum absolute atomic E-state index is 11.3. The van der Waals surface area contributed by atoms with E-state index in [1.807, 2.05) is 36.4 Å². The highest BCUT2D eigenvalue weighted by atomic mass is 16.5. The van der Waals surface area contributed by atoms with Crippen molar-refractivity contribution in [1.29, 1.82) is 0 Å². The fourth-order valence-corrected chi connectivity index (χ4v) is 3.14. The van der Waals surface area contributed by atoms with Gasteiger partial charge >= 0.3 is 0 Å². The minimum atomic E-state index is -0.472. The molecule has 1 amide bonds. The van der Waals surface area contributed by atoms with Gasteiger partial charge in [-0.25, -0.2) is 4.98 Å². The Morgan fingerprint density at radius 3 is 2.59 bits per heavy atom. The molecule has 0 spiro atoms. The molecule has 5 rings (SSSR count). The zero-order chi connectivity index (χ0) is 19.8. The molecule has 5 aromatic rings. The summed E-state index contributed by atoms with van der Waals surface area (Å²) < 4.78 is 5.09. The lowest BCUT2D eigenvalue weighted by atomic mass is 10.1. The predicted molar refractivity (Wildman–Crippen MR) is 107 cm³/mol. The summed E-state index contributed by atoms with van der Waals surface area (Å²) in [6.07, 6.45) is 1.73. The van der Waals surface area contributed by atoms with E-state index in [0.717, 1.165) is 28.2 Å². The third-order valence-corrected chi connectivity index (χ3v) is 4.59. The van der Waals surface area contributed by atoms with E-state index in [1.54, 1.807) is 30.5 Å². The van der Waals surface area contributed by atoms with Gasteiger partial charge in [0.25, 0.3) is 0 Å². The highest BCUT2D eigenvalue weighted by molar-refractivity contribution is 5.93. The summed E-state index contributed by atoms with van der Waals surface area (Å²) in [7, 11) is 0. The summed E-state index contributed by atoms with van der Waals surface area (Å²) in [5.74, 6) is 0.176. The van der Waals surface area contributed by atoms with Crippen molar-refractivity contribution in [3.63, 3.8) is 0 Å². The van der Waals surface area contributed by atoms with Crippen molar-refractivity contribution >= 4 is 17.0 Å². The number of amides is 1. The van der Waals surface area contributed by atoms with Crippen molar-refractivity contribution in [3.05, 3.63) is 72.4 Å². The number of aromatic nitrogens is 5. The average Bonchev–Trinajstić information content (AvgIpc) is 3.41. The van der Waals surface area contributed by atoms with Gasteiger partial charge in [0.15, 0.2) is 5.58 Å². The molecule has 0 fully saturated rings. The number of aromatic amines is 1. The number of carbonyl (C=O) groups excluding carboxylic acids is 1. The van der Waals surface area contributed by atoms with Crippen molar-refractivity contribution in [1.82, 2.24) is 25.3 Å². The van der Waals surface area contributed by atoms with Gasteiger partial charge in [-0.1, -0.05) is 18.2 Å². The standard InChI is InChI=1S/C21H14N6O2/c22-20(28)12-4-6-13(7-5-12)21-24-18(19(25-21)15-3-1-2-10-23-15)14-8-9-17-16(11-14)26-27-29-17/h1-11H,(H2,22,28)(H,24,25). The van der Waals surface area contributed by atoms with Crippen molar-refractivity contribution in [3.8, 4) is 34.0 Å². The molecule has 0 aliphatic rings. The number of imidazole rings is 1. The van der Waals surface area contributed by atoms with Gasteiger partial charge < -0.3 is 15.2 Å². The number of nitrogens with two attached hydrogens (primary N) is 1. The van der Waals surface area contributed by atoms with Crippen LogP contribution in [0, 0.1) is 0 Å². The second kappa shape index (κ2) is 6.68. The summed E-state index contributed by atoms with van der Waals surface area (Å²) in [5, 5.41) is 7.57. The van der Waals surface area contributed by atoms with E-state index in [-0.39, 0.29) is 0 Å². The summed E-state index contributed by atoms with van der Waals surface area (Å²) in [6.45, 7) is 0. The number of hydrogen-bond donors (Lipinski definition) is 2. The number of rotatable bonds is 4. The topological polar surface area (TPSA) is 124 Å². The van der Waals surface area contributed by atoms with Gasteiger partial charge in [-0.2, -0.15) is 0 Å². The normalized spacial score (nSPS) is 11.0. The van der Waals surface area contributed by atoms with E-state index in [0.29, 0.717) is 22.5 Å². The maximum atomic E-state index is 11.3. The first kappa shape index (κ1) is 16.8. The molecule has 0 atom stereocenters. The molecule has 0 unspecified atom stereocenters. The Kier molecular flexibility index (Phi) is 3.87. The van der Waals surface area contributed by atoms with Gasteiger partial charge in [0.1, 0.15) is 11.3 Å². The number of fused-ring (bicyclic) bond motifs is 1. The Balaban J connectivity index is 1.67. The van der Waals surface area contributed by atoms with Crippen molar-refractivity contribution < 1.29 is 9.32 Å². The number of pyridine rings is 1. The van der Waals surface area contributed by atoms with Crippen molar-refractivity contribution in [2.75, 3.05) is 0 Å². The van der Waals surface area contributed by atoms with Crippen molar-refractivity contribution in [2.24, 2.45) is 5.73 Å². The van der Waals surface area contributed by atoms with Gasteiger partial charge in [-0.3, -0.25) is 9.78 Å². The van der Waals surface area contributed by atoms with Gasteiger partial charge in [0.05, 0.1) is 17.1 Å². The first-order valence-corrected chi connectivity index (χ1v) is 8.83. The molecule has 3 N–H and O–H groups in total. The molecule has 3 heterocycles. The number of primary amides is 1. The number of carbonyl (C=O) groups is 1. The summed E-state index contributed by atoms with van der Waals surface area (Å²) in [4.78, 5) is 23.9. The molecule has 8 heteroatoms.